The van der Waals surface area contributed by atoms with E-state index in [-0.39, 0.29) is 0 Å². The third-order valence-corrected chi connectivity index (χ3v) is 4.91. The Labute approximate surface area is 157 Å². The van der Waals surface area contributed by atoms with E-state index in [0.717, 1.165) is 54.3 Å². The number of para-hydroxylation sites is 1. The standard InChI is InChI=1S/C19H24N6S/c20-19(22-9-3-5-16-12-21-14-24-16)23-10-11-26-13-17-8-7-15-4-1-2-6-18(15)25-17/h1-2,4,6-8,12,14H,3,5,9-11,13H2,(H,21,24)(H3,20,22,23). The first kappa shape index (κ1) is 18.3. The summed E-state index contributed by atoms with van der Waals surface area (Å²) in [4.78, 5) is 11.8. The number of hydrogen-bond donors (Lipinski definition) is 4. The molecule has 136 valence electrons. The summed E-state index contributed by atoms with van der Waals surface area (Å²) in [6.07, 6.45) is 5.47. The molecule has 3 rings (SSSR count). The highest BCUT2D eigenvalue weighted by Crippen LogP contribution is 2.15. The molecule has 0 aliphatic carbocycles. The summed E-state index contributed by atoms with van der Waals surface area (Å²) >= 11 is 1.82. The van der Waals surface area contributed by atoms with Gasteiger partial charge in [0.25, 0.3) is 0 Å². The van der Waals surface area contributed by atoms with Gasteiger partial charge in [-0.1, -0.05) is 24.3 Å². The van der Waals surface area contributed by atoms with E-state index in [4.69, 9.17) is 5.41 Å². The lowest BCUT2D eigenvalue weighted by Gasteiger charge is -2.10. The van der Waals surface area contributed by atoms with Gasteiger partial charge in [0.2, 0.25) is 0 Å². The fraction of sp³-hybridized carbons (Fsp3) is 0.316. The number of imidazole rings is 1. The molecule has 4 N–H and O–H groups in total. The highest BCUT2D eigenvalue weighted by Gasteiger charge is 2.00. The Morgan fingerprint density at radius 2 is 1.96 bits per heavy atom. The van der Waals surface area contributed by atoms with Gasteiger partial charge in [0.15, 0.2) is 5.96 Å². The fourth-order valence-corrected chi connectivity index (χ4v) is 3.35. The van der Waals surface area contributed by atoms with Crippen molar-refractivity contribution in [1.29, 1.82) is 5.41 Å². The van der Waals surface area contributed by atoms with E-state index < -0.39 is 0 Å². The molecule has 0 radical (unpaired) electrons. The molecule has 0 atom stereocenters. The average Bonchev–Trinajstić information content (AvgIpc) is 3.18. The van der Waals surface area contributed by atoms with E-state index in [9.17, 15) is 0 Å². The van der Waals surface area contributed by atoms with Crippen molar-refractivity contribution in [3.05, 3.63) is 60.3 Å². The second-order valence-corrected chi connectivity index (χ2v) is 7.05. The second kappa shape index (κ2) is 9.82. The molecule has 0 aliphatic heterocycles. The van der Waals surface area contributed by atoms with Gasteiger partial charge in [-0.2, -0.15) is 11.8 Å². The van der Waals surface area contributed by atoms with Crippen LogP contribution in [0.25, 0.3) is 10.9 Å². The van der Waals surface area contributed by atoms with Crippen molar-refractivity contribution in [2.75, 3.05) is 18.8 Å². The van der Waals surface area contributed by atoms with E-state index in [1.54, 1.807) is 6.33 Å². The topological polar surface area (TPSA) is 89.5 Å². The zero-order chi connectivity index (χ0) is 18.0. The van der Waals surface area contributed by atoms with Crippen molar-refractivity contribution in [1.82, 2.24) is 25.6 Å². The summed E-state index contributed by atoms with van der Waals surface area (Å²) < 4.78 is 0. The number of aryl methyl sites for hydroxylation is 1. The van der Waals surface area contributed by atoms with Crippen LogP contribution < -0.4 is 10.6 Å². The van der Waals surface area contributed by atoms with Crippen LogP contribution in [0, 0.1) is 5.41 Å². The summed E-state index contributed by atoms with van der Waals surface area (Å²) in [6, 6.07) is 12.4. The summed E-state index contributed by atoms with van der Waals surface area (Å²) in [6.45, 7) is 1.54. The summed E-state index contributed by atoms with van der Waals surface area (Å²) in [5.74, 6) is 2.21. The number of benzene rings is 1. The normalized spacial score (nSPS) is 10.8. The van der Waals surface area contributed by atoms with Crippen molar-refractivity contribution in [2.24, 2.45) is 0 Å². The Morgan fingerprint density at radius 3 is 2.85 bits per heavy atom. The van der Waals surface area contributed by atoms with Crippen molar-refractivity contribution in [3.63, 3.8) is 0 Å². The van der Waals surface area contributed by atoms with Gasteiger partial charge in [0.05, 0.1) is 23.2 Å². The molecule has 0 unspecified atom stereocenters. The quantitative estimate of drug-likeness (QED) is 0.265. The highest BCUT2D eigenvalue weighted by atomic mass is 32.2. The van der Waals surface area contributed by atoms with E-state index in [0.29, 0.717) is 5.96 Å². The molecular formula is C19H24N6S. The highest BCUT2D eigenvalue weighted by molar-refractivity contribution is 7.98. The van der Waals surface area contributed by atoms with Gasteiger partial charge >= 0.3 is 0 Å². The van der Waals surface area contributed by atoms with Crippen LogP contribution in [0.5, 0.6) is 0 Å². The lowest BCUT2D eigenvalue weighted by atomic mass is 10.2. The number of aromatic nitrogens is 3. The zero-order valence-electron chi connectivity index (χ0n) is 14.7. The minimum atomic E-state index is 0.386. The maximum Gasteiger partial charge on any atom is 0.188 e. The Balaban J connectivity index is 1.25. The Bertz CT molecular complexity index is 818. The number of pyridine rings is 1. The zero-order valence-corrected chi connectivity index (χ0v) is 15.5. The first-order valence-corrected chi connectivity index (χ1v) is 9.93. The van der Waals surface area contributed by atoms with Crippen molar-refractivity contribution in [3.8, 4) is 0 Å². The predicted molar refractivity (Wildman–Crippen MR) is 109 cm³/mol. The molecule has 3 aromatic rings. The van der Waals surface area contributed by atoms with Gasteiger partial charge in [-0.25, -0.2) is 4.98 Å². The Hall–Kier alpha value is -2.54. The van der Waals surface area contributed by atoms with Crippen molar-refractivity contribution in [2.45, 2.75) is 18.6 Å². The van der Waals surface area contributed by atoms with Crippen LogP contribution in [0.3, 0.4) is 0 Å². The maximum atomic E-state index is 7.87. The third kappa shape index (κ3) is 5.77. The van der Waals surface area contributed by atoms with E-state index >= 15 is 0 Å². The average molecular weight is 369 g/mol. The van der Waals surface area contributed by atoms with Gasteiger partial charge in [-0.05, 0) is 25.0 Å². The minimum Gasteiger partial charge on any atom is -0.357 e. The van der Waals surface area contributed by atoms with E-state index in [1.807, 2.05) is 36.2 Å². The third-order valence-electron chi connectivity index (χ3n) is 3.92. The van der Waals surface area contributed by atoms with Crippen LogP contribution in [0.4, 0.5) is 0 Å². The number of thioether (sulfide) groups is 1. The van der Waals surface area contributed by atoms with Crippen LogP contribution in [-0.4, -0.2) is 39.8 Å². The molecular weight excluding hydrogens is 344 g/mol. The van der Waals surface area contributed by atoms with Crippen molar-refractivity contribution >= 4 is 28.6 Å². The summed E-state index contributed by atoms with van der Waals surface area (Å²) in [7, 11) is 0. The number of nitrogens with zero attached hydrogens (tertiary/aromatic N) is 2. The lowest BCUT2D eigenvalue weighted by molar-refractivity contribution is 0.739. The molecule has 26 heavy (non-hydrogen) atoms. The van der Waals surface area contributed by atoms with Crippen LogP contribution in [0.1, 0.15) is 17.8 Å². The molecule has 1 aromatic carbocycles. The number of fused-ring (bicyclic) bond motifs is 1. The first-order valence-electron chi connectivity index (χ1n) is 8.77. The molecule has 0 amide bonds. The molecule has 0 fully saturated rings. The van der Waals surface area contributed by atoms with Crippen LogP contribution in [0.2, 0.25) is 0 Å². The molecule has 0 spiro atoms. The van der Waals surface area contributed by atoms with Gasteiger partial charge in [-0.15, -0.1) is 0 Å². The summed E-state index contributed by atoms with van der Waals surface area (Å²) in [5, 5.41) is 15.2. The maximum absolute atomic E-state index is 7.87. The fourth-order valence-electron chi connectivity index (χ4n) is 2.59. The molecule has 0 aliphatic rings. The monoisotopic (exact) mass is 368 g/mol. The molecule has 0 saturated heterocycles. The lowest BCUT2D eigenvalue weighted by Crippen LogP contribution is -2.38. The van der Waals surface area contributed by atoms with Gasteiger partial charge < -0.3 is 15.6 Å². The molecule has 2 heterocycles. The number of guanidine groups is 1. The number of rotatable bonds is 9. The van der Waals surface area contributed by atoms with Gasteiger partial charge in [0.1, 0.15) is 0 Å². The molecule has 0 saturated carbocycles. The van der Waals surface area contributed by atoms with Crippen LogP contribution in [-0.2, 0) is 12.2 Å². The molecule has 7 heteroatoms. The number of aromatic amines is 1. The Morgan fingerprint density at radius 1 is 1.08 bits per heavy atom. The largest absolute Gasteiger partial charge is 0.357 e. The predicted octanol–water partition coefficient (Wildman–Crippen LogP) is 2.94. The second-order valence-electron chi connectivity index (χ2n) is 5.94. The number of H-pyrrole nitrogens is 1. The smallest absolute Gasteiger partial charge is 0.188 e. The van der Waals surface area contributed by atoms with Gasteiger partial charge in [0, 0.05) is 36.2 Å². The Kier molecular flexibility index (Phi) is 6.89. The minimum absolute atomic E-state index is 0.386. The number of nitrogens with one attached hydrogen (secondary N) is 4. The van der Waals surface area contributed by atoms with E-state index in [1.165, 1.54) is 5.39 Å². The van der Waals surface area contributed by atoms with Crippen LogP contribution in [0.15, 0.2) is 48.9 Å². The van der Waals surface area contributed by atoms with Crippen molar-refractivity contribution < 1.29 is 0 Å². The van der Waals surface area contributed by atoms with Gasteiger partial charge in [-0.3, -0.25) is 10.4 Å². The number of hydrogen-bond acceptors (Lipinski definition) is 4. The SMILES string of the molecule is N=C(NCCCc1c[nH]cn1)NCCSCc1ccc2ccccc2n1. The summed E-state index contributed by atoms with van der Waals surface area (Å²) in [5.41, 5.74) is 3.20. The van der Waals surface area contributed by atoms with Crippen LogP contribution >= 0.6 is 11.8 Å². The molecule has 2 aromatic heterocycles. The first-order chi connectivity index (χ1) is 12.8. The van der Waals surface area contributed by atoms with E-state index in [2.05, 4.69) is 43.8 Å². The molecule has 0 bridgehead atoms. The molecule has 6 nitrogen and oxygen atoms in total.